The zero-order valence-electron chi connectivity index (χ0n) is 24.3. The Kier molecular flexibility index (Phi) is 9.00. The molecule has 12 heteroatoms. The fourth-order valence-electron chi connectivity index (χ4n) is 5.25. The van der Waals surface area contributed by atoms with Gasteiger partial charge in [0.05, 0.1) is 43.0 Å². The summed E-state index contributed by atoms with van der Waals surface area (Å²) in [5.41, 5.74) is 7.75. The Morgan fingerprint density at radius 3 is 2.30 bits per heavy atom. The number of hydrogen-bond acceptors (Lipinski definition) is 7. The van der Waals surface area contributed by atoms with Gasteiger partial charge in [-0.3, -0.25) is 14.5 Å². The molecule has 0 saturated carbocycles. The molecule has 9 nitrogen and oxygen atoms in total. The van der Waals surface area contributed by atoms with Crippen molar-refractivity contribution in [1.82, 2.24) is 19.8 Å². The van der Waals surface area contributed by atoms with Gasteiger partial charge in [-0.15, -0.1) is 0 Å². The second kappa shape index (κ2) is 12.9. The molecule has 1 aliphatic heterocycles. The van der Waals surface area contributed by atoms with Gasteiger partial charge in [0.1, 0.15) is 6.33 Å². The Bertz CT molecular complexity index is 1650. The van der Waals surface area contributed by atoms with E-state index < -0.39 is 23.6 Å². The number of ether oxygens (including phenoxy) is 2. The van der Waals surface area contributed by atoms with Crippen molar-refractivity contribution >= 4 is 22.7 Å². The lowest BCUT2D eigenvalue weighted by Gasteiger charge is -2.31. The van der Waals surface area contributed by atoms with Gasteiger partial charge in [-0.1, -0.05) is 36.4 Å². The molecule has 1 aromatic heterocycles. The maximum Gasteiger partial charge on any atom is 0.416 e. The van der Waals surface area contributed by atoms with Crippen LogP contribution in [-0.4, -0.2) is 78.5 Å². The van der Waals surface area contributed by atoms with E-state index in [1.165, 1.54) is 18.5 Å². The topological polar surface area (TPSA) is 111 Å². The number of likely N-dealkylation sites (N-methyl/N-ethyl adjacent to an activating group) is 1. The van der Waals surface area contributed by atoms with Crippen molar-refractivity contribution < 1.29 is 32.2 Å². The van der Waals surface area contributed by atoms with E-state index in [1.54, 1.807) is 42.3 Å². The second-order valence-corrected chi connectivity index (χ2v) is 10.6. The maximum atomic E-state index is 13.0. The van der Waals surface area contributed by atoms with Gasteiger partial charge < -0.3 is 20.1 Å². The number of piperazine rings is 1. The van der Waals surface area contributed by atoms with Gasteiger partial charge in [0.15, 0.2) is 11.5 Å². The molecule has 1 unspecified atom stereocenters. The minimum atomic E-state index is -4.48. The van der Waals surface area contributed by atoms with E-state index in [9.17, 15) is 22.8 Å². The molecule has 1 saturated heterocycles. The van der Waals surface area contributed by atoms with Gasteiger partial charge in [-0.25, -0.2) is 9.97 Å². The van der Waals surface area contributed by atoms with Crippen molar-refractivity contribution in [3.8, 4) is 22.8 Å². The average molecular weight is 608 g/mol. The Morgan fingerprint density at radius 2 is 1.68 bits per heavy atom. The second-order valence-electron chi connectivity index (χ2n) is 10.6. The van der Waals surface area contributed by atoms with Gasteiger partial charge in [0.25, 0.3) is 0 Å². The van der Waals surface area contributed by atoms with Gasteiger partial charge >= 0.3 is 6.18 Å². The molecule has 0 radical (unpaired) electrons. The molecular weight excluding hydrogens is 575 g/mol. The minimum absolute atomic E-state index is 0.116. The van der Waals surface area contributed by atoms with Crippen molar-refractivity contribution in [2.24, 2.45) is 5.73 Å². The SMILES string of the molecule is COc1cc2c(-c3ccc(C(C(N)=O)c4ccc(C(F)(F)F)cc4)cc3)ncnc2cc1OCCCN1CCN(C)C(=O)C1. The van der Waals surface area contributed by atoms with Crippen LogP contribution in [0.3, 0.4) is 0 Å². The first-order chi connectivity index (χ1) is 21.0. The Balaban J connectivity index is 1.33. The number of alkyl halides is 3. The van der Waals surface area contributed by atoms with Crippen LogP contribution in [0.5, 0.6) is 11.5 Å². The summed E-state index contributed by atoms with van der Waals surface area (Å²) in [5, 5.41) is 0.717. The quantitative estimate of drug-likeness (QED) is 0.265. The zero-order valence-corrected chi connectivity index (χ0v) is 24.3. The molecule has 1 fully saturated rings. The monoisotopic (exact) mass is 607 g/mol. The molecule has 0 spiro atoms. The molecule has 2 N–H and O–H groups in total. The normalized spacial score (nSPS) is 14.9. The van der Waals surface area contributed by atoms with E-state index in [0.29, 0.717) is 53.5 Å². The van der Waals surface area contributed by atoms with E-state index in [-0.39, 0.29) is 5.91 Å². The number of hydrogen-bond donors (Lipinski definition) is 1. The first-order valence-electron chi connectivity index (χ1n) is 14.0. The molecule has 230 valence electrons. The zero-order chi connectivity index (χ0) is 31.4. The summed E-state index contributed by atoms with van der Waals surface area (Å²) in [6.07, 6.45) is -2.30. The molecule has 44 heavy (non-hydrogen) atoms. The summed E-state index contributed by atoms with van der Waals surface area (Å²) >= 11 is 0. The predicted molar refractivity (Wildman–Crippen MR) is 158 cm³/mol. The highest BCUT2D eigenvalue weighted by Crippen LogP contribution is 2.36. The third-order valence-electron chi connectivity index (χ3n) is 7.71. The van der Waals surface area contributed by atoms with Crippen molar-refractivity contribution in [1.29, 1.82) is 0 Å². The van der Waals surface area contributed by atoms with E-state index in [1.807, 2.05) is 13.1 Å². The smallest absolute Gasteiger partial charge is 0.416 e. The van der Waals surface area contributed by atoms with Crippen LogP contribution in [0.1, 0.15) is 29.0 Å². The lowest BCUT2D eigenvalue weighted by atomic mass is 9.89. The summed E-state index contributed by atoms with van der Waals surface area (Å²) in [6, 6.07) is 15.0. The molecule has 2 heterocycles. The fourth-order valence-corrected chi connectivity index (χ4v) is 5.25. The number of halogens is 3. The van der Waals surface area contributed by atoms with E-state index in [4.69, 9.17) is 15.2 Å². The highest BCUT2D eigenvalue weighted by molar-refractivity contribution is 5.94. The van der Waals surface area contributed by atoms with E-state index in [0.717, 1.165) is 42.6 Å². The average Bonchev–Trinajstić information content (AvgIpc) is 3.00. The number of methoxy groups -OCH3 is 1. The Labute approximate surface area is 252 Å². The third-order valence-corrected chi connectivity index (χ3v) is 7.71. The molecule has 0 bridgehead atoms. The van der Waals surface area contributed by atoms with Crippen LogP contribution in [0.2, 0.25) is 0 Å². The number of rotatable bonds is 10. The standard InChI is InChI=1S/C32H32F3N5O4/c1-39-13-14-40(18-28(39)41)12-3-15-44-27-17-25-24(16-26(27)43-2)30(38-19-37-25)22-6-4-20(5-7-22)29(31(36)42)21-8-10-23(11-9-21)32(33,34)35/h4-11,16-17,19,29H,3,12-15,18H2,1-2H3,(H2,36,42). The number of amides is 2. The highest BCUT2D eigenvalue weighted by Gasteiger charge is 2.31. The van der Waals surface area contributed by atoms with Crippen LogP contribution in [0.15, 0.2) is 67.0 Å². The number of nitrogens with two attached hydrogens (primary N) is 1. The van der Waals surface area contributed by atoms with Crippen LogP contribution >= 0.6 is 0 Å². The lowest BCUT2D eigenvalue weighted by Crippen LogP contribution is -2.48. The molecule has 4 aromatic rings. The third kappa shape index (κ3) is 6.75. The molecule has 1 atom stereocenters. The summed E-state index contributed by atoms with van der Waals surface area (Å²) in [4.78, 5) is 37.0. The summed E-state index contributed by atoms with van der Waals surface area (Å²) in [7, 11) is 3.36. The summed E-state index contributed by atoms with van der Waals surface area (Å²) in [5.74, 6) is -0.444. The summed E-state index contributed by atoms with van der Waals surface area (Å²) in [6.45, 7) is 3.14. The fraction of sp³-hybridized carbons (Fsp3) is 0.312. The Morgan fingerprint density at radius 1 is 1.00 bits per heavy atom. The first kappa shape index (κ1) is 30.7. The van der Waals surface area contributed by atoms with Crippen LogP contribution in [0.4, 0.5) is 13.2 Å². The van der Waals surface area contributed by atoms with Crippen LogP contribution in [0, 0.1) is 0 Å². The molecule has 1 aliphatic rings. The number of fused-ring (bicyclic) bond motifs is 1. The van der Waals surface area contributed by atoms with Crippen molar-refractivity contribution in [2.75, 3.05) is 46.9 Å². The minimum Gasteiger partial charge on any atom is -0.493 e. The summed E-state index contributed by atoms with van der Waals surface area (Å²) < 4.78 is 50.7. The van der Waals surface area contributed by atoms with Crippen molar-refractivity contribution in [2.45, 2.75) is 18.5 Å². The number of carbonyl (C=O) groups excluding carboxylic acids is 2. The van der Waals surface area contributed by atoms with Crippen molar-refractivity contribution in [3.05, 3.63) is 83.7 Å². The highest BCUT2D eigenvalue weighted by atomic mass is 19.4. The molecule has 3 aromatic carbocycles. The van der Waals surface area contributed by atoms with Crippen LogP contribution in [0.25, 0.3) is 22.2 Å². The Hall–Kier alpha value is -4.71. The van der Waals surface area contributed by atoms with E-state index in [2.05, 4.69) is 14.9 Å². The lowest BCUT2D eigenvalue weighted by molar-refractivity contribution is -0.137. The molecule has 5 rings (SSSR count). The van der Waals surface area contributed by atoms with Gasteiger partial charge in [0, 0.05) is 43.7 Å². The van der Waals surface area contributed by atoms with E-state index >= 15 is 0 Å². The molecule has 2 amide bonds. The maximum absolute atomic E-state index is 13.0. The van der Waals surface area contributed by atoms with Crippen molar-refractivity contribution in [3.63, 3.8) is 0 Å². The largest absolute Gasteiger partial charge is 0.493 e. The van der Waals surface area contributed by atoms with Crippen LogP contribution in [-0.2, 0) is 15.8 Å². The van der Waals surface area contributed by atoms with Gasteiger partial charge in [-0.2, -0.15) is 13.2 Å². The number of primary amides is 1. The number of benzene rings is 3. The number of aromatic nitrogens is 2. The molecular formula is C32H32F3N5O4. The first-order valence-corrected chi connectivity index (χ1v) is 14.0. The van der Waals surface area contributed by atoms with Gasteiger partial charge in [-0.05, 0) is 35.7 Å². The predicted octanol–water partition coefficient (Wildman–Crippen LogP) is 4.48. The van der Waals surface area contributed by atoms with Gasteiger partial charge in [0.2, 0.25) is 11.8 Å². The molecule has 0 aliphatic carbocycles. The number of carbonyl (C=O) groups is 2. The number of nitrogens with zero attached hydrogens (tertiary/aromatic N) is 4. The van der Waals surface area contributed by atoms with Crippen LogP contribution < -0.4 is 15.2 Å².